The quantitative estimate of drug-likeness (QED) is 0.642. The third-order valence-corrected chi connectivity index (χ3v) is 1.70. The SMILES string of the molecule is CC(NC(=O)OF)C(C)(C)C. The van der Waals surface area contributed by atoms with Gasteiger partial charge in [-0.05, 0) is 12.3 Å². The normalized spacial score (nSPS) is 13.9. The summed E-state index contributed by atoms with van der Waals surface area (Å²) in [5, 5.41) is 2.33. The Hall–Kier alpha value is -0.800. The van der Waals surface area contributed by atoms with Crippen LogP contribution in [0.25, 0.3) is 0 Å². The van der Waals surface area contributed by atoms with Gasteiger partial charge < -0.3 is 5.32 Å². The lowest BCUT2D eigenvalue weighted by molar-refractivity contribution is -0.0647. The van der Waals surface area contributed by atoms with Gasteiger partial charge in [0.1, 0.15) is 0 Å². The second-order valence-electron chi connectivity index (χ2n) is 3.60. The Balaban J connectivity index is 3.87. The van der Waals surface area contributed by atoms with Crippen LogP contribution < -0.4 is 5.32 Å². The second-order valence-corrected chi connectivity index (χ2v) is 3.60. The van der Waals surface area contributed by atoms with Crippen LogP contribution in [0.4, 0.5) is 9.32 Å². The molecule has 66 valence electrons. The maximum atomic E-state index is 11.2. The van der Waals surface area contributed by atoms with E-state index in [0.717, 1.165) is 0 Å². The maximum Gasteiger partial charge on any atom is 0.445 e. The first kappa shape index (κ1) is 10.2. The van der Waals surface area contributed by atoms with Crippen molar-refractivity contribution in [2.24, 2.45) is 5.41 Å². The molecule has 0 spiro atoms. The van der Waals surface area contributed by atoms with Crippen LogP contribution in [0.3, 0.4) is 0 Å². The molecule has 3 nitrogen and oxygen atoms in total. The van der Waals surface area contributed by atoms with E-state index in [0.29, 0.717) is 0 Å². The lowest BCUT2D eigenvalue weighted by Crippen LogP contribution is -2.40. The van der Waals surface area contributed by atoms with Crippen LogP contribution in [-0.4, -0.2) is 12.1 Å². The van der Waals surface area contributed by atoms with Crippen molar-refractivity contribution < 1.29 is 14.3 Å². The van der Waals surface area contributed by atoms with Gasteiger partial charge in [0, 0.05) is 10.6 Å². The highest BCUT2D eigenvalue weighted by Crippen LogP contribution is 2.18. The van der Waals surface area contributed by atoms with Gasteiger partial charge in [-0.15, -0.1) is 0 Å². The minimum atomic E-state index is -1.03. The Morgan fingerprint density at radius 3 is 2.27 bits per heavy atom. The van der Waals surface area contributed by atoms with Crippen LogP contribution in [0.15, 0.2) is 0 Å². The Bertz CT molecular complexity index is 142. The molecular formula is C7H14FNO2. The predicted molar refractivity (Wildman–Crippen MR) is 39.6 cm³/mol. The number of rotatable bonds is 1. The van der Waals surface area contributed by atoms with E-state index in [-0.39, 0.29) is 11.5 Å². The summed E-state index contributed by atoms with van der Waals surface area (Å²) in [7, 11) is 0. The van der Waals surface area contributed by atoms with Crippen LogP contribution >= 0.6 is 0 Å². The van der Waals surface area contributed by atoms with Gasteiger partial charge >= 0.3 is 6.09 Å². The van der Waals surface area contributed by atoms with E-state index in [1.807, 2.05) is 20.8 Å². The molecule has 0 fully saturated rings. The van der Waals surface area contributed by atoms with Crippen molar-refractivity contribution in [1.29, 1.82) is 0 Å². The van der Waals surface area contributed by atoms with E-state index < -0.39 is 6.09 Å². The molecule has 0 aliphatic heterocycles. The molecule has 0 saturated carbocycles. The summed E-state index contributed by atoms with van der Waals surface area (Å²) in [6.45, 7) is 7.61. The largest absolute Gasteiger partial charge is 0.445 e. The van der Waals surface area contributed by atoms with Gasteiger partial charge in [0.15, 0.2) is 0 Å². The zero-order chi connectivity index (χ0) is 9.07. The van der Waals surface area contributed by atoms with Gasteiger partial charge in [-0.2, -0.15) is 0 Å². The van der Waals surface area contributed by atoms with Crippen molar-refractivity contribution in [2.75, 3.05) is 0 Å². The van der Waals surface area contributed by atoms with Crippen molar-refractivity contribution in [3.05, 3.63) is 0 Å². The number of amides is 1. The van der Waals surface area contributed by atoms with Gasteiger partial charge in [0.2, 0.25) is 0 Å². The van der Waals surface area contributed by atoms with Crippen molar-refractivity contribution in [3.63, 3.8) is 0 Å². The highest BCUT2D eigenvalue weighted by Gasteiger charge is 2.22. The molecular weight excluding hydrogens is 149 g/mol. The number of halogens is 1. The molecule has 0 heterocycles. The van der Waals surface area contributed by atoms with Crippen LogP contribution in [-0.2, 0) is 4.94 Å². The van der Waals surface area contributed by atoms with Crippen molar-refractivity contribution in [1.82, 2.24) is 5.32 Å². The van der Waals surface area contributed by atoms with E-state index in [9.17, 15) is 9.32 Å². The standard InChI is InChI=1S/C7H14FNO2/c1-5(7(2,3)4)9-6(10)11-8/h5H,1-4H3,(H,9,10). The first-order valence-corrected chi connectivity index (χ1v) is 3.47. The minimum absolute atomic E-state index is 0.0891. The average Bonchev–Trinajstić information content (AvgIpc) is 1.85. The number of nitrogens with one attached hydrogen (secondary N) is 1. The van der Waals surface area contributed by atoms with Crippen LogP contribution in [0.5, 0.6) is 0 Å². The van der Waals surface area contributed by atoms with E-state index in [1.54, 1.807) is 6.92 Å². The maximum absolute atomic E-state index is 11.2. The van der Waals surface area contributed by atoms with Gasteiger partial charge in [0.05, 0.1) is 0 Å². The van der Waals surface area contributed by atoms with Crippen LogP contribution in [0.1, 0.15) is 27.7 Å². The van der Waals surface area contributed by atoms with Crippen LogP contribution in [0, 0.1) is 5.41 Å². The Labute approximate surface area is 65.8 Å². The molecule has 0 saturated heterocycles. The van der Waals surface area contributed by atoms with E-state index in [2.05, 4.69) is 10.3 Å². The van der Waals surface area contributed by atoms with E-state index in [4.69, 9.17) is 0 Å². The third-order valence-electron chi connectivity index (χ3n) is 1.70. The fourth-order valence-electron chi connectivity index (χ4n) is 0.416. The number of hydrogen-bond acceptors (Lipinski definition) is 2. The highest BCUT2D eigenvalue weighted by molar-refractivity contribution is 5.66. The summed E-state index contributed by atoms with van der Waals surface area (Å²) in [5.41, 5.74) is -0.0891. The Morgan fingerprint density at radius 1 is 1.55 bits per heavy atom. The summed E-state index contributed by atoms with van der Waals surface area (Å²) in [5.74, 6) is 0. The van der Waals surface area contributed by atoms with Crippen LogP contribution in [0.2, 0.25) is 0 Å². The summed E-state index contributed by atoms with van der Waals surface area (Å²) in [6.07, 6.45) is -1.03. The minimum Gasteiger partial charge on any atom is -0.316 e. The molecule has 0 radical (unpaired) electrons. The average molecular weight is 163 g/mol. The second kappa shape index (κ2) is 3.55. The molecule has 1 amide bonds. The number of carbonyl (C=O) groups excluding carboxylic acids is 1. The van der Waals surface area contributed by atoms with Gasteiger partial charge in [-0.3, -0.25) is 0 Å². The fourth-order valence-corrected chi connectivity index (χ4v) is 0.416. The van der Waals surface area contributed by atoms with E-state index >= 15 is 0 Å². The number of hydrogen-bond donors (Lipinski definition) is 1. The zero-order valence-electron chi connectivity index (χ0n) is 7.27. The molecule has 4 heteroatoms. The molecule has 1 unspecified atom stereocenters. The molecule has 1 N–H and O–H groups in total. The van der Waals surface area contributed by atoms with Crippen molar-refractivity contribution in [3.8, 4) is 0 Å². The first-order valence-electron chi connectivity index (χ1n) is 3.47. The molecule has 0 aliphatic rings. The number of carbonyl (C=O) groups is 1. The molecule has 0 aliphatic carbocycles. The molecule has 0 bridgehead atoms. The third kappa shape index (κ3) is 3.80. The van der Waals surface area contributed by atoms with Gasteiger partial charge in [-0.1, -0.05) is 20.8 Å². The summed E-state index contributed by atoms with van der Waals surface area (Å²) >= 11 is 0. The van der Waals surface area contributed by atoms with Crippen molar-refractivity contribution in [2.45, 2.75) is 33.7 Å². The molecule has 11 heavy (non-hydrogen) atoms. The summed E-state index contributed by atoms with van der Waals surface area (Å²) in [6, 6.07) is -0.120. The predicted octanol–water partition coefficient (Wildman–Crippen LogP) is 2.03. The molecule has 0 aromatic rings. The molecule has 0 rings (SSSR count). The van der Waals surface area contributed by atoms with Gasteiger partial charge in [-0.25, -0.2) is 9.74 Å². The summed E-state index contributed by atoms with van der Waals surface area (Å²) in [4.78, 5) is 13.3. The Morgan fingerprint density at radius 2 is 2.00 bits per heavy atom. The first-order chi connectivity index (χ1) is 4.88. The summed E-state index contributed by atoms with van der Waals surface area (Å²) < 4.78 is 11.2. The molecule has 0 aromatic carbocycles. The smallest absolute Gasteiger partial charge is 0.316 e. The van der Waals surface area contributed by atoms with Crippen molar-refractivity contribution >= 4 is 6.09 Å². The molecule has 0 aromatic heterocycles. The Kier molecular flexibility index (Phi) is 3.29. The van der Waals surface area contributed by atoms with E-state index in [1.165, 1.54) is 0 Å². The highest BCUT2D eigenvalue weighted by atomic mass is 19.3. The monoisotopic (exact) mass is 163 g/mol. The lowest BCUT2D eigenvalue weighted by atomic mass is 9.88. The molecule has 1 atom stereocenters. The van der Waals surface area contributed by atoms with Gasteiger partial charge in [0.25, 0.3) is 0 Å². The topological polar surface area (TPSA) is 38.3 Å². The zero-order valence-corrected chi connectivity index (χ0v) is 7.27. The lowest BCUT2D eigenvalue weighted by Gasteiger charge is -2.26. The fraction of sp³-hybridized carbons (Fsp3) is 0.857.